The Morgan fingerprint density at radius 1 is 1.37 bits per heavy atom. The summed E-state index contributed by atoms with van der Waals surface area (Å²) in [5.74, 6) is 0. The molecule has 1 aromatic rings. The van der Waals surface area contributed by atoms with E-state index in [2.05, 4.69) is 43.0 Å². The normalized spacial score (nSPS) is 11.0. The van der Waals surface area contributed by atoms with Crippen molar-refractivity contribution >= 4 is 5.69 Å². The lowest BCUT2D eigenvalue weighted by molar-refractivity contribution is 0.499. The van der Waals surface area contributed by atoms with Crippen LogP contribution in [-0.4, -0.2) is 35.5 Å². The molecular formula is C14H26N4O. The van der Waals surface area contributed by atoms with Crippen LogP contribution in [0, 0.1) is 0 Å². The highest BCUT2D eigenvalue weighted by molar-refractivity contribution is 5.42. The van der Waals surface area contributed by atoms with Gasteiger partial charge in [0, 0.05) is 31.7 Å². The molecule has 1 heterocycles. The first kappa shape index (κ1) is 15.7. The maximum atomic E-state index is 12.0. The molecule has 0 saturated carbocycles. The summed E-state index contributed by atoms with van der Waals surface area (Å²) in [5, 5.41) is 7.58. The molecule has 5 nitrogen and oxygen atoms in total. The van der Waals surface area contributed by atoms with Gasteiger partial charge in [0.2, 0.25) is 0 Å². The van der Waals surface area contributed by atoms with Crippen molar-refractivity contribution in [3.05, 3.63) is 22.6 Å². The van der Waals surface area contributed by atoms with E-state index in [4.69, 9.17) is 0 Å². The molecule has 0 spiro atoms. The molecule has 0 atom stereocenters. The summed E-state index contributed by atoms with van der Waals surface area (Å²) in [7, 11) is 0. The maximum absolute atomic E-state index is 12.0. The zero-order valence-corrected chi connectivity index (χ0v) is 12.5. The minimum Gasteiger partial charge on any atom is -0.371 e. The van der Waals surface area contributed by atoms with Crippen LogP contribution in [0.4, 0.5) is 5.69 Å². The first-order chi connectivity index (χ1) is 9.08. The van der Waals surface area contributed by atoms with Gasteiger partial charge >= 0.3 is 0 Å². The molecule has 0 aliphatic heterocycles. The maximum Gasteiger partial charge on any atom is 0.268 e. The van der Waals surface area contributed by atoms with E-state index in [0.29, 0.717) is 12.6 Å². The minimum atomic E-state index is -0.0195. The zero-order valence-electron chi connectivity index (χ0n) is 12.5. The molecule has 5 heteroatoms. The van der Waals surface area contributed by atoms with Crippen LogP contribution < -0.4 is 15.8 Å². The first-order valence-corrected chi connectivity index (χ1v) is 7.14. The molecule has 0 radical (unpaired) electrons. The summed E-state index contributed by atoms with van der Waals surface area (Å²) >= 11 is 0. The minimum absolute atomic E-state index is 0.0195. The van der Waals surface area contributed by atoms with Crippen molar-refractivity contribution < 1.29 is 0 Å². The van der Waals surface area contributed by atoms with Gasteiger partial charge in [-0.15, -0.1) is 0 Å². The lowest BCUT2D eigenvalue weighted by Gasteiger charge is -2.20. The van der Waals surface area contributed by atoms with E-state index in [0.717, 1.165) is 31.7 Å². The van der Waals surface area contributed by atoms with E-state index in [1.54, 1.807) is 12.3 Å². The van der Waals surface area contributed by atoms with Crippen molar-refractivity contribution in [2.45, 2.75) is 46.7 Å². The van der Waals surface area contributed by atoms with Crippen LogP contribution >= 0.6 is 0 Å². The predicted octanol–water partition coefficient (Wildman–Crippen LogP) is 1.48. The van der Waals surface area contributed by atoms with Crippen molar-refractivity contribution in [3.63, 3.8) is 0 Å². The SMILES string of the molecule is CCN(CC)c1cnn(CCCNC(C)C)c(=O)c1. The lowest BCUT2D eigenvalue weighted by atomic mass is 10.3. The molecule has 0 fully saturated rings. The smallest absolute Gasteiger partial charge is 0.268 e. The van der Waals surface area contributed by atoms with Gasteiger partial charge in [-0.1, -0.05) is 13.8 Å². The quantitative estimate of drug-likeness (QED) is 0.724. The molecule has 1 rings (SSSR count). The Hall–Kier alpha value is -1.36. The number of aromatic nitrogens is 2. The van der Waals surface area contributed by atoms with Crippen LogP contribution in [0.15, 0.2) is 17.1 Å². The summed E-state index contributed by atoms with van der Waals surface area (Å²) in [5.41, 5.74) is 0.889. The van der Waals surface area contributed by atoms with Crippen LogP contribution in [0.1, 0.15) is 34.1 Å². The van der Waals surface area contributed by atoms with Gasteiger partial charge in [-0.3, -0.25) is 4.79 Å². The topological polar surface area (TPSA) is 50.2 Å². The van der Waals surface area contributed by atoms with E-state index in [1.165, 1.54) is 4.68 Å². The van der Waals surface area contributed by atoms with E-state index < -0.39 is 0 Å². The van der Waals surface area contributed by atoms with Crippen LogP contribution in [0.25, 0.3) is 0 Å². The molecule has 19 heavy (non-hydrogen) atoms. The van der Waals surface area contributed by atoms with Crippen LogP contribution in [0.3, 0.4) is 0 Å². The summed E-state index contributed by atoms with van der Waals surface area (Å²) in [6.45, 7) is 11.7. The number of nitrogens with one attached hydrogen (secondary N) is 1. The lowest BCUT2D eigenvalue weighted by Crippen LogP contribution is -2.29. The molecule has 0 bridgehead atoms. The van der Waals surface area contributed by atoms with Gasteiger partial charge in [0.1, 0.15) is 0 Å². The van der Waals surface area contributed by atoms with Crippen molar-refractivity contribution in [3.8, 4) is 0 Å². The Kier molecular flexibility index (Phi) is 6.56. The van der Waals surface area contributed by atoms with Crippen molar-refractivity contribution in [1.29, 1.82) is 0 Å². The fourth-order valence-electron chi connectivity index (χ4n) is 1.97. The Labute approximate surface area is 115 Å². The molecular weight excluding hydrogens is 240 g/mol. The third-order valence-corrected chi connectivity index (χ3v) is 3.08. The average molecular weight is 266 g/mol. The van der Waals surface area contributed by atoms with E-state index >= 15 is 0 Å². The van der Waals surface area contributed by atoms with Crippen LogP contribution in [0.5, 0.6) is 0 Å². The molecule has 1 N–H and O–H groups in total. The molecule has 0 amide bonds. The molecule has 0 aromatic carbocycles. The highest BCUT2D eigenvalue weighted by Crippen LogP contribution is 2.08. The van der Waals surface area contributed by atoms with Crippen molar-refractivity contribution in [2.75, 3.05) is 24.5 Å². The summed E-state index contributed by atoms with van der Waals surface area (Å²) < 4.78 is 1.54. The van der Waals surface area contributed by atoms with Crippen LogP contribution in [0.2, 0.25) is 0 Å². The predicted molar refractivity (Wildman–Crippen MR) is 79.8 cm³/mol. The van der Waals surface area contributed by atoms with Gasteiger partial charge < -0.3 is 10.2 Å². The highest BCUT2D eigenvalue weighted by Gasteiger charge is 2.05. The third kappa shape index (κ3) is 5.03. The summed E-state index contributed by atoms with van der Waals surface area (Å²) in [6, 6.07) is 2.16. The number of anilines is 1. The Balaban J connectivity index is 2.60. The van der Waals surface area contributed by atoms with Gasteiger partial charge in [0.25, 0.3) is 5.56 Å². The van der Waals surface area contributed by atoms with Gasteiger partial charge in [-0.25, -0.2) is 4.68 Å². The molecule has 0 aliphatic rings. The Morgan fingerprint density at radius 2 is 2.05 bits per heavy atom. The molecule has 0 unspecified atom stereocenters. The van der Waals surface area contributed by atoms with Gasteiger partial charge in [-0.2, -0.15) is 5.10 Å². The second kappa shape index (κ2) is 7.94. The number of nitrogens with zero attached hydrogens (tertiary/aromatic N) is 3. The van der Waals surface area contributed by atoms with Crippen molar-refractivity contribution in [2.24, 2.45) is 0 Å². The molecule has 0 aliphatic carbocycles. The fraction of sp³-hybridized carbons (Fsp3) is 0.714. The van der Waals surface area contributed by atoms with Crippen LogP contribution in [-0.2, 0) is 6.54 Å². The highest BCUT2D eigenvalue weighted by atomic mass is 16.1. The van der Waals surface area contributed by atoms with E-state index in [-0.39, 0.29) is 5.56 Å². The molecule has 0 saturated heterocycles. The molecule has 1 aromatic heterocycles. The second-order valence-corrected chi connectivity index (χ2v) is 4.91. The number of rotatable bonds is 8. The van der Waals surface area contributed by atoms with Crippen molar-refractivity contribution in [1.82, 2.24) is 15.1 Å². The second-order valence-electron chi connectivity index (χ2n) is 4.91. The van der Waals surface area contributed by atoms with Gasteiger partial charge in [0.15, 0.2) is 0 Å². The fourth-order valence-corrected chi connectivity index (χ4v) is 1.97. The molecule has 108 valence electrons. The summed E-state index contributed by atoms with van der Waals surface area (Å²) in [6.07, 6.45) is 2.69. The largest absolute Gasteiger partial charge is 0.371 e. The number of hydrogen-bond donors (Lipinski definition) is 1. The summed E-state index contributed by atoms with van der Waals surface area (Å²) in [4.78, 5) is 14.1. The number of hydrogen-bond acceptors (Lipinski definition) is 4. The Morgan fingerprint density at radius 3 is 2.58 bits per heavy atom. The van der Waals surface area contributed by atoms with E-state index in [1.807, 2.05) is 0 Å². The third-order valence-electron chi connectivity index (χ3n) is 3.08. The standard InChI is InChI=1S/C14H26N4O/c1-5-17(6-2)13-10-14(19)18(16-11-13)9-7-8-15-12(3)4/h10-12,15H,5-9H2,1-4H3. The van der Waals surface area contributed by atoms with E-state index in [9.17, 15) is 4.79 Å². The van der Waals surface area contributed by atoms with Gasteiger partial charge in [-0.05, 0) is 26.8 Å². The number of aryl methyl sites for hydroxylation is 1. The average Bonchev–Trinajstić information content (AvgIpc) is 2.38. The zero-order chi connectivity index (χ0) is 14.3. The monoisotopic (exact) mass is 266 g/mol. The first-order valence-electron chi connectivity index (χ1n) is 7.14. The van der Waals surface area contributed by atoms with Gasteiger partial charge in [0.05, 0.1) is 11.9 Å². The Bertz CT molecular complexity index is 424.